The first kappa shape index (κ1) is 20.6. The summed E-state index contributed by atoms with van der Waals surface area (Å²) in [6.07, 6.45) is 6.94. The minimum atomic E-state index is -0.674. The summed E-state index contributed by atoms with van der Waals surface area (Å²) in [5.74, 6) is -0.131. The zero-order chi connectivity index (χ0) is 20.0. The number of nitrogens with zero attached hydrogens (tertiary/aromatic N) is 1. The molecule has 28 heavy (non-hydrogen) atoms. The van der Waals surface area contributed by atoms with Crippen LogP contribution >= 0.6 is 0 Å². The van der Waals surface area contributed by atoms with Crippen LogP contribution in [0.3, 0.4) is 0 Å². The predicted octanol–water partition coefficient (Wildman–Crippen LogP) is 2.52. The molecule has 0 spiro atoms. The second kappa shape index (κ2) is 9.34. The maximum Gasteiger partial charge on any atom is 0.314 e. The topological polar surface area (TPSA) is 70.7 Å². The summed E-state index contributed by atoms with van der Waals surface area (Å²) in [6.45, 7) is 5.33. The van der Waals surface area contributed by atoms with E-state index in [0.717, 1.165) is 24.8 Å². The van der Waals surface area contributed by atoms with Crippen molar-refractivity contribution in [2.24, 2.45) is 5.41 Å². The summed E-state index contributed by atoms with van der Waals surface area (Å²) in [7, 11) is 0. The Balaban J connectivity index is 1.73. The van der Waals surface area contributed by atoms with Gasteiger partial charge in [-0.1, -0.05) is 42.5 Å². The first-order chi connectivity index (χ1) is 13.5. The number of benzene rings is 1. The second-order valence-electron chi connectivity index (χ2n) is 7.86. The highest BCUT2D eigenvalue weighted by Gasteiger charge is 2.45. The molecule has 0 saturated carbocycles. The third-order valence-electron chi connectivity index (χ3n) is 5.61. The van der Waals surface area contributed by atoms with E-state index in [4.69, 9.17) is 4.74 Å². The molecule has 0 aromatic heterocycles. The molecule has 1 aromatic rings. The lowest BCUT2D eigenvalue weighted by molar-refractivity contribution is -0.160. The fourth-order valence-corrected chi connectivity index (χ4v) is 4.10. The van der Waals surface area contributed by atoms with Crippen LogP contribution in [0.5, 0.6) is 0 Å². The Morgan fingerprint density at radius 2 is 2.07 bits per heavy atom. The zero-order valence-electron chi connectivity index (χ0n) is 16.8. The highest BCUT2D eigenvalue weighted by molar-refractivity contribution is 5.84. The fraction of sp³-hybridized carbons (Fsp3) is 0.545. The number of amides is 1. The predicted molar refractivity (Wildman–Crippen MR) is 109 cm³/mol. The number of allylic oxidation sites excluding steroid dienone is 1. The van der Waals surface area contributed by atoms with E-state index in [1.807, 2.05) is 61.2 Å². The monoisotopic (exact) mass is 385 g/mol. The molecule has 3 atom stereocenters. The number of carbonyl (C=O) groups is 2. The largest absolute Gasteiger partial charge is 0.466 e. The minimum absolute atomic E-state index is 0.0669. The molecule has 0 bridgehead atoms. The van der Waals surface area contributed by atoms with Gasteiger partial charge >= 0.3 is 5.97 Å². The molecule has 0 aliphatic carbocycles. The van der Waals surface area contributed by atoms with E-state index in [-0.39, 0.29) is 24.0 Å². The molecule has 2 fully saturated rings. The number of nitrogens with one attached hydrogen (secondary N) is 2. The Morgan fingerprint density at radius 3 is 2.75 bits per heavy atom. The van der Waals surface area contributed by atoms with Crippen molar-refractivity contribution in [3.8, 4) is 0 Å². The van der Waals surface area contributed by atoms with Crippen molar-refractivity contribution in [3.63, 3.8) is 0 Å². The van der Waals surface area contributed by atoms with Gasteiger partial charge in [0.05, 0.1) is 12.0 Å². The van der Waals surface area contributed by atoms with E-state index >= 15 is 0 Å². The van der Waals surface area contributed by atoms with Crippen molar-refractivity contribution in [3.05, 3.63) is 42.0 Å². The molecule has 2 saturated heterocycles. The lowest BCUT2D eigenvalue weighted by Crippen LogP contribution is -2.54. The van der Waals surface area contributed by atoms with Crippen molar-refractivity contribution < 1.29 is 14.3 Å². The lowest BCUT2D eigenvalue weighted by atomic mass is 9.76. The summed E-state index contributed by atoms with van der Waals surface area (Å²) < 4.78 is 5.42. The number of hydrazine groups is 1. The van der Waals surface area contributed by atoms with E-state index in [1.54, 1.807) is 0 Å². The molecule has 6 heteroatoms. The van der Waals surface area contributed by atoms with Crippen LogP contribution in [0.15, 0.2) is 36.4 Å². The van der Waals surface area contributed by atoms with Gasteiger partial charge in [-0.25, -0.2) is 5.43 Å². The molecular weight excluding hydrogens is 354 g/mol. The maximum atomic E-state index is 13.0. The van der Waals surface area contributed by atoms with Crippen molar-refractivity contribution in [2.75, 3.05) is 19.7 Å². The lowest BCUT2D eigenvalue weighted by Gasteiger charge is -2.41. The number of esters is 1. The summed E-state index contributed by atoms with van der Waals surface area (Å²) >= 11 is 0. The van der Waals surface area contributed by atoms with Gasteiger partial charge in [0, 0.05) is 19.1 Å². The molecule has 2 N–H and O–H groups in total. The molecule has 1 aromatic carbocycles. The molecule has 0 radical (unpaired) electrons. The van der Waals surface area contributed by atoms with Gasteiger partial charge in [0.1, 0.15) is 6.04 Å². The van der Waals surface area contributed by atoms with Crippen LogP contribution in [0.4, 0.5) is 0 Å². The number of hydrogen-bond donors (Lipinski definition) is 2. The highest BCUT2D eigenvalue weighted by Crippen LogP contribution is 2.36. The van der Waals surface area contributed by atoms with Crippen molar-refractivity contribution in [2.45, 2.75) is 51.6 Å². The molecule has 3 rings (SSSR count). The highest BCUT2D eigenvalue weighted by atomic mass is 16.5. The van der Waals surface area contributed by atoms with Gasteiger partial charge in [-0.2, -0.15) is 0 Å². The van der Waals surface area contributed by atoms with Crippen LogP contribution in [-0.4, -0.2) is 48.6 Å². The van der Waals surface area contributed by atoms with Gasteiger partial charge < -0.3 is 9.64 Å². The Bertz CT molecular complexity index is 706. The van der Waals surface area contributed by atoms with Crippen LogP contribution in [0.2, 0.25) is 0 Å². The number of likely N-dealkylation sites (tertiary alicyclic amines) is 1. The average molecular weight is 386 g/mol. The summed E-state index contributed by atoms with van der Waals surface area (Å²) in [5.41, 5.74) is 6.61. The summed E-state index contributed by atoms with van der Waals surface area (Å²) in [6, 6.07) is 10.1. The number of rotatable bonds is 6. The van der Waals surface area contributed by atoms with Crippen LogP contribution in [0, 0.1) is 5.41 Å². The smallest absolute Gasteiger partial charge is 0.314 e. The van der Waals surface area contributed by atoms with E-state index in [0.29, 0.717) is 26.1 Å². The standard InChI is InChI=1S/C22H31N3O3/c1-3-28-21(27)22(12-7-11-18-9-5-4-6-10-18)13-8-14-25(16-22)20(26)19-15-17(2)23-24-19/h4-7,9-11,17,19,23-24H,3,8,12-16H2,1-2H3/b11-7+. The van der Waals surface area contributed by atoms with E-state index < -0.39 is 5.41 Å². The SMILES string of the molecule is CCOC(=O)C1(C/C=C/c2ccccc2)CCCN(C(=O)C2CC(C)NN2)C1. The number of ether oxygens (including phenoxy) is 1. The van der Waals surface area contributed by atoms with E-state index in [9.17, 15) is 9.59 Å². The van der Waals surface area contributed by atoms with Crippen molar-refractivity contribution >= 4 is 18.0 Å². The van der Waals surface area contributed by atoms with Crippen LogP contribution < -0.4 is 10.9 Å². The van der Waals surface area contributed by atoms with Crippen LogP contribution in [0.1, 0.15) is 45.1 Å². The third kappa shape index (κ3) is 4.80. The molecule has 6 nitrogen and oxygen atoms in total. The van der Waals surface area contributed by atoms with Gasteiger partial charge in [0.25, 0.3) is 0 Å². The maximum absolute atomic E-state index is 13.0. The second-order valence-corrected chi connectivity index (χ2v) is 7.86. The van der Waals surface area contributed by atoms with Crippen molar-refractivity contribution in [1.82, 2.24) is 15.8 Å². The Labute approximate surface area is 167 Å². The first-order valence-electron chi connectivity index (χ1n) is 10.2. The summed E-state index contributed by atoms with van der Waals surface area (Å²) in [4.78, 5) is 27.7. The zero-order valence-corrected chi connectivity index (χ0v) is 16.8. The first-order valence-corrected chi connectivity index (χ1v) is 10.2. The Morgan fingerprint density at radius 1 is 1.29 bits per heavy atom. The van der Waals surface area contributed by atoms with Gasteiger partial charge in [-0.05, 0) is 45.1 Å². The molecule has 2 heterocycles. The Kier molecular flexibility index (Phi) is 6.86. The van der Waals surface area contributed by atoms with Gasteiger partial charge in [-0.15, -0.1) is 0 Å². The fourth-order valence-electron chi connectivity index (χ4n) is 4.10. The van der Waals surface area contributed by atoms with Gasteiger partial charge in [0.2, 0.25) is 5.91 Å². The number of piperidine rings is 1. The van der Waals surface area contributed by atoms with Gasteiger partial charge in [-0.3, -0.25) is 15.0 Å². The third-order valence-corrected chi connectivity index (χ3v) is 5.61. The average Bonchev–Trinajstić information content (AvgIpc) is 3.15. The summed E-state index contributed by atoms with van der Waals surface area (Å²) in [5, 5.41) is 0. The normalized spacial score (nSPS) is 27.9. The van der Waals surface area contributed by atoms with Gasteiger partial charge in [0.15, 0.2) is 0 Å². The van der Waals surface area contributed by atoms with E-state index in [1.165, 1.54) is 0 Å². The molecule has 2 aliphatic heterocycles. The molecule has 2 aliphatic rings. The quantitative estimate of drug-likeness (QED) is 0.737. The Hall–Kier alpha value is -2.18. The minimum Gasteiger partial charge on any atom is -0.466 e. The molecular formula is C22H31N3O3. The number of carbonyl (C=O) groups excluding carboxylic acids is 2. The van der Waals surface area contributed by atoms with Crippen LogP contribution in [-0.2, 0) is 14.3 Å². The van der Waals surface area contributed by atoms with E-state index in [2.05, 4.69) is 10.9 Å². The molecule has 1 amide bonds. The number of hydrogen-bond acceptors (Lipinski definition) is 5. The molecule has 152 valence electrons. The van der Waals surface area contributed by atoms with Crippen molar-refractivity contribution in [1.29, 1.82) is 0 Å². The van der Waals surface area contributed by atoms with Crippen LogP contribution in [0.25, 0.3) is 6.08 Å². The molecule has 3 unspecified atom stereocenters.